The van der Waals surface area contributed by atoms with E-state index in [1.165, 1.54) is 11.8 Å². The van der Waals surface area contributed by atoms with Crippen LogP contribution in [-0.4, -0.2) is 68.7 Å². The Morgan fingerprint density at radius 3 is 2.77 bits per heavy atom. The van der Waals surface area contributed by atoms with E-state index in [-0.39, 0.29) is 24.4 Å². The Kier molecular flexibility index (Phi) is 8.31. The quantitative estimate of drug-likeness (QED) is 0.525. The Morgan fingerprint density at radius 1 is 1.23 bits per heavy atom. The van der Waals surface area contributed by atoms with E-state index in [1.807, 2.05) is 29.2 Å². The van der Waals surface area contributed by atoms with Gasteiger partial charge in [-0.1, -0.05) is 6.07 Å². The molecule has 1 aliphatic rings. The van der Waals surface area contributed by atoms with Gasteiger partial charge in [-0.2, -0.15) is 0 Å². The second-order valence-electron chi connectivity index (χ2n) is 7.43. The number of rotatable bonds is 10. The Balaban J connectivity index is 1.72. The second-order valence-corrected chi connectivity index (χ2v) is 8.43. The van der Waals surface area contributed by atoms with Crippen LogP contribution in [0.1, 0.15) is 29.8 Å². The lowest BCUT2D eigenvalue weighted by atomic mass is 10.0. The molecular formula is C23H30N2O5S. The van der Waals surface area contributed by atoms with E-state index in [2.05, 4.69) is 11.4 Å². The summed E-state index contributed by atoms with van der Waals surface area (Å²) in [7, 11) is 3.24. The molecule has 0 aliphatic carbocycles. The molecule has 3 rings (SSSR count). The van der Waals surface area contributed by atoms with Gasteiger partial charge < -0.3 is 24.0 Å². The van der Waals surface area contributed by atoms with E-state index in [9.17, 15) is 9.59 Å². The molecule has 1 aromatic heterocycles. The first-order valence-electron chi connectivity index (χ1n) is 10.4. The van der Waals surface area contributed by atoms with Gasteiger partial charge in [0.1, 0.15) is 18.1 Å². The van der Waals surface area contributed by atoms with Crippen LogP contribution < -0.4 is 9.47 Å². The van der Waals surface area contributed by atoms with Crippen molar-refractivity contribution < 1.29 is 23.8 Å². The van der Waals surface area contributed by atoms with Gasteiger partial charge in [0.2, 0.25) is 11.8 Å². The van der Waals surface area contributed by atoms with Crippen LogP contribution in [0, 0.1) is 0 Å². The number of amides is 2. The molecule has 7 nitrogen and oxygen atoms in total. The minimum Gasteiger partial charge on any atom is -0.497 e. The van der Waals surface area contributed by atoms with E-state index < -0.39 is 0 Å². The summed E-state index contributed by atoms with van der Waals surface area (Å²) >= 11 is 1.71. The number of carbonyl (C=O) groups excluding carboxylic acids is 2. The number of benzene rings is 1. The maximum absolute atomic E-state index is 13.2. The fraction of sp³-hybridized carbons (Fsp3) is 0.478. The average molecular weight is 447 g/mol. The molecule has 0 radical (unpaired) electrons. The number of nitrogens with zero attached hydrogens (tertiary/aromatic N) is 2. The Bertz CT molecular complexity index is 884. The predicted octanol–water partition coefficient (Wildman–Crippen LogP) is 3.15. The van der Waals surface area contributed by atoms with Crippen molar-refractivity contribution in [2.75, 3.05) is 47.1 Å². The topological polar surface area (TPSA) is 68.3 Å². The normalized spacial score (nSPS) is 15.3. The zero-order chi connectivity index (χ0) is 22.2. The zero-order valence-corrected chi connectivity index (χ0v) is 19.2. The SMILES string of the molecule is COCCCN(CC(=O)N1CCc2sccc2C1COc1cccc(OC)c1)C(C)=O. The molecule has 1 aromatic carbocycles. The minimum absolute atomic E-state index is 0.0637. The van der Waals surface area contributed by atoms with Crippen LogP contribution in [-0.2, 0) is 20.7 Å². The molecule has 0 bridgehead atoms. The first-order chi connectivity index (χ1) is 15.0. The van der Waals surface area contributed by atoms with Crippen molar-refractivity contribution in [2.24, 2.45) is 0 Å². The lowest BCUT2D eigenvalue weighted by molar-refractivity contribution is -0.142. The molecule has 1 aliphatic heterocycles. The molecule has 1 unspecified atom stereocenters. The highest BCUT2D eigenvalue weighted by atomic mass is 32.1. The van der Waals surface area contributed by atoms with Crippen molar-refractivity contribution in [3.8, 4) is 11.5 Å². The van der Waals surface area contributed by atoms with Gasteiger partial charge in [-0.15, -0.1) is 11.3 Å². The second kappa shape index (κ2) is 11.2. The van der Waals surface area contributed by atoms with Gasteiger partial charge in [0.05, 0.1) is 19.7 Å². The van der Waals surface area contributed by atoms with E-state index in [4.69, 9.17) is 14.2 Å². The molecule has 0 fully saturated rings. The summed E-state index contributed by atoms with van der Waals surface area (Å²) in [4.78, 5) is 30.0. The molecule has 2 amide bonds. The van der Waals surface area contributed by atoms with Gasteiger partial charge in [-0.05, 0) is 42.0 Å². The van der Waals surface area contributed by atoms with Crippen LogP contribution in [0.15, 0.2) is 35.7 Å². The summed E-state index contributed by atoms with van der Waals surface area (Å²) in [6.07, 6.45) is 1.51. The number of hydrogen-bond donors (Lipinski definition) is 0. The Morgan fingerprint density at radius 2 is 2.03 bits per heavy atom. The van der Waals surface area contributed by atoms with Crippen LogP contribution in [0.25, 0.3) is 0 Å². The highest BCUT2D eigenvalue weighted by Gasteiger charge is 2.33. The highest BCUT2D eigenvalue weighted by Crippen LogP contribution is 2.34. The number of methoxy groups -OCH3 is 2. The van der Waals surface area contributed by atoms with Gasteiger partial charge in [-0.25, -0.2) is 0 Å². The number of thiophene rings is 1. The predicted molar refractivity (Wildman–Crippen MR) is 120 cm³/mol. The molecule has 31 heavy (non-hydrogen) atoms. The molecule has 8 heteroatoms. The fourth-order valence-corrected chi connectivity index (χ4v) is 4.67. The summed E-state index contributed by atoms with van der Waals surface area (Å²) in [5.74, 6) is 1.24. The maximum Gasteiger partial charge on any atom is 0.242 e. The number of hydrogen-bond acceptors (Lipinski definition) is 6. The molecule has 2 heterocycles. The van der Waals surface area contributed by atoms with Crippen molar-refractivity contribution in [2.45, 2.75) is 25.8 Å². The first kappa shape index (κ1) is 23.1. The molecule has 1 atom stereocenters. The average Bonchev–Trinajstić information content (AvgIpc) is 3.26. The summed E-state index contributed by atoms with van der Waals surface area (Å²) in [5, 5.41) is 2.06. The number of ether oxygens (including phenoxy) is 3. The van der Waals surface area contributed by atoms with Crippen molar-refractivity contribution in [1.82, 2.24) is 9.80 Å². The summed E-state index contributed by atoms with van der Waals surface area (Å²) < 4.78 is 16.4. The van der Waals surface area contributed by atoms with Crippen LogP contribution in [0.4, 0.5) is 0 Å². The van der Waals surface area contributed by atoms with E-state index >= 15 is 0 Å². The molecule has 168 valence electrons. The standard InChI is InChI=1S/C23H30N2O5S/c1-17(26)24(10-5-12-28-2)15-23(27)25-11-8-22-20(9-13-31-22)21(25)16-30-19-7-4-6-18(14-19)29-3/h4,6-7,9,13-14,21H,5,8,10-12,15-16H2,1-3H3. The van der Waals surface area contributed by atoms with Crippen molar-refractivity contribution in [1.29, 1.82) is 0 Å². The molecule has 0 saturated carbocycles. The van der Waals surface area contributed by atoms with Gasteiger partial charge in [-0.3, -0.25) is 9.59 Å². The summed E-state index contributed by atoms with van der Waals surface area (Å²) in [5.41, 5.74) is 1.13. The molecule has 0 N–H and O–H groups in total. The molecule has 0 spiro atoms. The minimum atomic E-state index is -0.193. The molecule has 0 saturated heterocycles. The molecular weight excluding hydrogens is 416 g/mol. The fourth-order valence-electron chi connectivity index (χ4n) is 3.74. The number of carbonyl (C=O) groups is 2. The van der Waals surface area contributed by atoms with Gasteiger partial charge in [0, 0.05) is 44.7 Å². The Hall–Kier alpha value is -2.58. The lowest BCUT2D eigenvalue weighted by Gasteiger charge is -2.37. The van der Waals surface area contributed by atoms with Gasteiger partial charge >= 0.3 is 0 Å². The third-order valence-corrected chi connectivity index (χ3v) is 6.41. The van der Waals surface area contributed by atoms with E-state index in [0.717, 1.165) is 17.7 Å². The summed E-state index contributed by atoms with van der Waals surface area (Å²) in [6, 6.07) is 9.32. The summed E-state index contributed by atoms with van der Waals surface area (Å²) in [6.45, 7) is 3.56. The third-order valence-electron chi connectivity index (χ3n) is 5.41. The monoisotopic (exact) mass is 446 g/mol. The first-order valence-corrected chi connectivity index (χ1v) is 11.3. The largest absolute Gasteiger partial charge is 0.497 e. The highest BCUT2D eigenvalue weighted by molar-refractivity contribution is 7.10. The van der Waals surface area contributed by atoms with Crippen LogP contribution in [0.3, 0.4) is 0 Å². The van der Waals surface area contributed by atoms with Crippen molar-refractivity contribution in [3.05, 3.63) is 46.2 Å². The number of fused-ring (bicyclic) bond motifs is 1. The Labute approximate surface area is 187 Å². The van der Waals surface area contributed by atoms with Crippen molar-refractivity contribution >= 4 is 23.2 Å². The smallest absolute Gasteiger partial charge is 0.242 e. The maximum atomic E-state index is 13.2. The van der Waals surface area contributed by atoms with Gasteiger partial charge in [0.15, 0.2) is 0 Å². The van der Waals surface area contributed by atoms with E-state index in [0.29, 0.717) is 38.5 Å². The van der Waals surface area contributed by atoms with Crippen molar-refractivity contribution in [3.63, 3.8) is 0 Å². The van der Waals surface area contributed by atoms with Crippen LogP contribution in [0.5, 0.6) is 11.5 Å². The third kappa shape index (κ3) is 5.98. The molecule has 2 aromatic rings. The van der Waals surface area contributed by atoms with Crippen LogP contribution in [0.2, 0.25) is 0 Å². The lowest BCUT2D eigenvalue weighted by Crippen LogP contribution is -2.47. The van der Waals surface area contributed by atoms with E-state index in [1.54, 1.807) is 30.5 Å². The zero-order valence-electron chi connectivity index (χ0n) is 18.3. The van der Waals surface area contributed by atoms with Crippen LogP contribution >= 0.6 is 11.3 Å². The van der Waals surface area contributed by atoms with Gasteiger partial charge in [0.25, 0.3) is 0 Å².